The van der Waals surface area contributed by atoms with E-state index in [4.69, 9.17) is 5.73 Å². The number of piperidine rings is 1. The molecule has 142 valence electrons. The van der Waals surface area contributed by atoms with Crippen LogP contribution >= 0.6 is 11.3 Å². The van der Waals surface area contributed by atoms with Crippen LogP contribution in [0.3, 0.4) is 0 Å². The predicted octanol–water partition coefficient (Wildman–Crippen LogP) is 1.67. The second kappa shape index (κ2) is 8.12. The molecule has 1 aliphatic rings. The molecule has 0 aliphatic carbocycles. The maximum Gasteiger partial charge on any atom is 0.273 e. The number of carbonyl (C=O) groups excluding carboxylic acids is 2. The van der Waals surface area contributed by atoms with E-state index in [1.54, 1.807) is 4.90 Å². The van der Waals surface area contributed by atoms with Crippen LogP contribution in [0.4, 0.5) is 16.8 Å². The summed E-state index contributed by atoms with van der Waals surface area (Å²) in [4.78, 5) is 29.6. The molecule has 3 heterocycles. The number of nitrogens with one attached hydrogen (secondary N) is 2. The van der Waals surface area contributed by atoms with Crippen LogP contribution in [-0.2, 0) is 4.79 Å². The third-order valence-electron chi connectivity index (χ3n) is 4.13. The van der Waals surface area contributed by atoms with Crippen molar-refractivity contribution in [1.29, 1.82) is 0 Å². The van der Waals surface area contributed by atoms with Crippen LogP contribution < -0.4 is 16.4 Å². The fraction of sp³-hybridized carbons (Fsp3) is 0.353. The van der Waals surface area contributed by atoms with Crippen molar-refractivity contribution in [3.63, 3.8) is 0 Å². The first kappa shape index (κ1) is 18.8. The van der Waals surface area contributed by atoms with Gasteiger partial charge < -0.3 is 21.3 Å². The molecule has 1 aliphatic heterocycles. The van der Waals surface area contributed by atoms with Crippen molar-refractivity contribution < 1.29 is 9.59 Å². The zero-order valence-electron chi connectivity index (χ0n) is 14.9. The minimum absolute atomic E-state index is 0.0132. The van der Waals surface area contributed by atoms with Gasteiger partial charge in [0.05, 0.1) is 5.00 Å². The number of carbonyl (C=O) groups is 2. The average Bonchev–Trinajstić information content (AvgIpc) is 3.06. The summed E-state index contributed by atoms with van der Waals surface area (Å²) in [7, 11) is 0. The monoisotopic (exact) mass is 387 g/mol. The van der Waals surface area contributed by atoms with Gasteiger partial charge in [-0.15, -0.1) is 21.5 Å². The number of thiophene rings is 1. The molecule has 2 aromatic rings. The molecule has 0 aromatic carbocycles. The van der Waals surface area contributed by atoms with Gasteiger partial charge in [0.1, 0.15) is 0 Å². The van der Waals surface area contributed by atoms with E-state index in [0.717, 1.165) is 23.4 Å². The van der Waals surface area contributed by atoms with E-state index < -0.39 is 5.91 Å². The summed E-state index contributed by atoms with van der Waals surface area (Å²) in [5.41, 5.74) is 6.45. The molecule has 10 heteroatoms. The van der Waals surface area contributed by atoms with Gasteiger partial charge in [0.15, 0.2) is 11.5 Å². The highest BCUT2D eigenvalue weighted by Crippen LogP contribution is 2.25. The molecule has 0 spiro atoms. The molecule has 0 saturated carbocycles. The van der Waals surface area contributed by atoms with Crippen molar-refractivity contribution in [1.82, 2.24) is 20.1 Å². The zero-order chi connectivity index (χ0) is 19.4. The smallest absolute Gasteiger partial charge is 0.273 e. The third kappa shape index (κ3) is 4.59. The Hall–Kier alpha value is -3.01. The molecule has 0 radical (unpaired) electrons. The van der Waals surface area contributed by atoms with E-state index in [-0.39, 0.29) is 29.4 Å². The van der Waals surface area contributed by atoms with Gasteiger partial charge in [-0.05, 0) is 42.9 Å². The average molecular weight is 387 g/mol. The molecule has 0 bridgehead atoms. The van der Waals surface area contributed by atoms with Crippen molar-refractivity contribution in [3.05, 3.63) is 35.4 Å². The van der Waals surface area contributed by atoms with Gasteiger partial charge in [-0.3, -0.25) is 9.59 Å². The number of anilines is 3. The van der Waals surface area contributed by atoms with Crippen molar-refractivity contribution in [2.45, 2.75) is 25.8 Å². The maximum absolute atomic E-state index is 11.8. The molecule has 3 rings (SSSR count). The second-order valence-corrected chi connectivity index (χ2v) is 7.19. The molecule has 9 nitrogen and oxygen atoms in total. The lowest BCUT2D eigenvalue weighted by Crippen LogP contribution is -2.44. The minimum Gasteiger partial charge on any atom is -0.364 e. The summed E-state index contributed by atoms with van der Waals surface area (Å²) in [5.74, 6) is -0.289. The first-order valence-electron chi connectivity index (χ1n) is 8.51. The fourth-order valence-corrected chi connectivity index (χ4v) is 3.65. The molecular weight excluding hydrogens is 366 g/mol. The maximum atomic E-state index is 11.8. The molecule has 4 N–H and O–H groups in total. The summed E-state index contributed by atoms with van der Waals surface area (Å²) < 4.78 is 0. The van der Waals surface area contributed by atoms with Crippen LogP contribution in [0, 0.1) is 6.92 Å². The number of primary amides is 1. The number of aryl methyl sites for hydroxylation is 1. The van der Waals surface area contributed by atoms with Crippen LogP contribution in [0.2, 0.25) is 0 Å². The molecular formula is C17H21N7O2S. The second-order valence-electron chi connectivity index (χ2n) is 6.28. The summed E-state index contributed by atoms with van der Waals surface area (Å²) in [6.45, 7) is 6.73. The number of hydrogen-bond donors (Lipinski definition) is 3. The predicted molar refractivity (Wildman–Crippen MR) is 104 cm³/mol. The number of nitrogens with zero attached hydrogens (tertiary/aromatic N) is 4. The lowest BCUT2D eigenvalue weighted by molar-refractivity contribution is -0.127. The molecule has 27 heavy (non-hydrogen) atoms. The van der Waals surface area contributed by atoms with E-state index in [0.29, 0.717) is 13.1 Å². The largest absolute Gasteiger partial charge is 0.364 e. The summed E-state index contributed by atoms with van der Waals surface area (Å²) in [5, 5.41) is 16.9. The molecule has 1 saturated heterocycles. The number of aromatic nitrogens is 3. The summed E-state index contributed by atoms with van der Waals surface area (Å²) in [6, 6.07) is 1.92. The van der Waals surface area contributed by atoms with E-state index in [9.17, 15) is 9.59 Å². The van der Waals surface area contributed by atoms with Gasteiger partial charge in [0, 0.05) is 19.1 Å². The Kier molecular flexibility index (Phi) is 5.65. The van der Waals surface area contributed by atoms with Crippen LogP contribution in [0.1, 0.15) is 28.9 Å². The van der Waals surface area contributed by atoms with Crippen LogP contribution in [-0.4, -0.2) is 51.0 Å². The van der Waals surface area contributed by atoms with Gasteiger partial charge in [0.2, 0.25) is 11.9 Å². The zero-order valence-corrected chi connectivity index (χ0v) is 15.8. The third-order valence-corrected chi connectivity index (χ3v) is 5.10. The Morgan fingerprint density at radius 2 is 2.26 bits per heavy atom. The standard InChI is InChI=1S/C17H21N7O2S/c1-3-13(25)24-6-4-5-11(8-24)19-17-21-16(14(15(18)26)22-23-17)20-12-7-10(2)9-27-12/h3,7,9,11H,1,4-6,8H2,2H3,(H2,18,26)(H2,19,20,21,23)/t11-/m1/s1. The fourth-order valence-electron chi connectivity index (χ4n) is 2.86. The molecule has 2 amide bonds. The van der Waals surface area contributed by atoms with Crippen LogP contribution in [0.15, 0.2) is 24.1 Å². The SMILES string of the molecule is C=CC(=O)N1CCC[C@@H](Nc2nnc(C(N)=O)c(Nc3cc(C)cs3)n2)C1. The Morgan fingerprint density at radius 3 is 2.93 bits per heavy atom. The topological polar surface area (TPSA) is 126 Å². The number of nitrogens with two attached hydrogens (primary N) is 1. The highest BCUT2D eigenvalue weighted by atomic mass is 32.1. The van der Waals surface area contributed by atoms with Crippen molar-refractivity contribution in [2.75, 3.05) is 23.7 Å². The first-order chi connectivity index (χ1) is 13.0. The minimum atomic E-state index is -0.710. The molecule has 1 fully saturated rings. The lowest BCUT2D eigenvalue weighted by Gasteiger charge is -2.32. The number of hydrogen-bond acceptors (Lipinski definition) is 8. The highest BCUT2D eigenvalue weighted by Gasteiger charge is 2.23. The Balaban J connectivity index is 1.77. The van der Waals surface area contributed by atoms with Crippen molar-refractivity contribution in [3.8, 4) is 0 Å². The summed E-state index contributed by atoms with van der Waals surface area (Å²) in [6.07, 6.45) is 3.05. The Bertz CT molecular complexity index is 867. The number of amides is 2. The van der Waals surface area contributed by atoms with E-state index in [1.807, 2.05) is 18.4 Å². The highest BCUT2D eigenvalue weighted by molar-refractivity contribution is 7.14. The van der Waals surface area contributed by atoms with Crippen LogP contribution in [0.5, 0.6) is 0 Å². The van der Waals surface area contributed by atoms with E-state index in [2.05, 4.69) is 32.4 Å². The normalized spacial score (nSPS) is 16.6. The first-order valence-corrected chi connectivity index (χ1v) is 9.39. The van der Waals surface area contributed by atoms with Gasteiger partial charge in [0.25, 0.3) is 5.91 Å². The van der Waals surface area contributed by atoms with E-state index in [1.165, 1.54) is 17.4 Å². The molecule has 0 unspecified atom stereocenters. The van der Waals surface area contributed by atoms with Gasteiger partial charge in [-0.1, -0.05) is 6.58 Å². The van der Waals surface area contributed by atoms with Gasteiger partial charge in [-0.2, -0.15) is 4.98 Å². The van der Waals surface area contributed by atoms with Crippen molar-refractivity contribution >= 4 is 39.9 Å². The molecule has 2 aromatic heterocycles. The van der Waals surface area contributed by atoms with Crippen LogP contribution in [0.25, 0.3) is 0 Å². The summed E-state index contributed by atoms with van der Waals surface area (Å²) >= 11 is 1.49. The van der Waals surface area contributed by atoms with E-state index >= 15 is 0 Å². The Labute approximate surface area is 160 Å². The molecule has 1 atom stereocenters. The number of rotatable bonds is 6. The number of likely N-dealkylation sites (tertiary alicyclic amines) is 1. The van der Waals surface area contributed by atoms with Gasteiger partial charge >= 0.3 is 0 Å². The lowest BCUT2D eigenvalue weighted by atomic mass is 10.1. The quantitative estimate of drug-likeness (QED) is 0.644. The van der Waals surface area contributed by atoms with Crippen molar-refractivity contribution in [2.24, 2.45) is 5.73 Å². The van der Waals surface area contributed by atoms with Gasteiger partial charge in [-0.25, -0.2) is 0 Å². The Morgan fingerprint density at radius 1 is 1.44 bits per heavy atom.